The largest absolute Gasteiger partial charge is 0.480 e. The van der Waals surface area contributed by atoms with E-state index in [1.165, 1.54) is 11.8 Å². The lowest BCUT2D eigenvalue weighted by Crippen LogP contribution is -2.14. The summed E-state index contributed by atoms with van der Waals surface area (Å²) in [5.74, 6) is -0.760. The van der Waals surface area contributed by atoms with Crippen LogP contribution in [0.1, 0.15) is 13.3 Å². The molecule has 0 bridgehead atoms. The monoisotopic (exact) mass is 197 g/mol. The maximum Gasteiger partial charge on any atom is 0.316 e. The van der Waals surface area contributed by atoms with E-state index in [1.54, 1.807) is 12.4 Å². The Morgan fingerprint density at radius 2 is 2.23 bits per heavy atom. The fraction of sp³-hybridized carbons (Fsp3) is 0.333. The zero-order chi connectivity index (χ0) is 9.68. The Kier molecular flexibility index (Phi) is 3.76. The minimum Gasteiger partial charge on any atom is -0.480 e. The smallest absolute Gasteiger partial charge is 0.316 e. The van der Waals surface area contributed by atoms with E-state index in [1.807, 2.05) is 19.1 Å². The molecule has 1 heterocycles. The highest BCUT2D eigenvalue weighted by Gasteiger charge is 2.15. The summed E-state index contributed by atoms with van der Waals surface area (Å²) in [6.07, 6.45) is 3.95. The van der Waals surface area contributed by atoms with Crippen LogP contribution in [0.4, 0.5) is 0 Å². The third-order valence-electron chi connectivity index (χ3n) is 1.57. The number of pyridine rings is 1. The van der Waals surface area contributed by atoms with E-state index in [4.69, 9.17) is 5.11 Å². The second kappa shape index (κ2) is 4.87. The zero-order valence-corrected chi connectivity index (χ0v) is 8.12. The molecule has 0 aliphatic heterocycles. The van der Waals surface area contributed by atoms with Gasteiger partial charge in [0.05, 0.1) is 0 Å². The summed E-state index contributed by atoms with van der Waals surface area (Å²) in [4.78, 5) is 15.5. The van der Waals surface area contributed by atoms with Crippen LogP contribution in [0.3, 0.4) is 0 Å². The maximum absolute atomic E-state index is 10.7. The quantitative estimate of drug-likeness (QED) is 0.750. The average Bonchev–Trinajstić information content (AvgIpc) is 2.15. The Labute approximate surface area is 81.2 Å². The molecule has 1 unspecified atom stereocenters. The molecular formula is C9H11NO2S. The Morgan fingerprint density at radius 1 is 1.62 bits per heavy atom. The molecule has 70 valence electrons. The van der Waals surface area contributed by atoms with Crippen molar-refractivity contribution < 1.29 is 9.90 Å². The van der Waals surface area contributed by atoms with Crippen LogP contribution < -0.4 is 0 Å². The molecule has 1 aromatic heterocycles. The second-order valence-electron chi connectivity index (χ2n) is 2.54. The molecule has 0 spiro atoms. The number of rotatable bonds is 4. The Morgan fingerprint density at radius 3 is 2.69 bits per heavy atom. The van der Waals surface area contributed by atoms with Gasteiger partial charge in [-0.15, -0.1) is 11.8 Å². The van der Waals surface area contributed by atoms with Crippen LogP contribution in [0.25, 0.3) is 0 Å². The van der Waals surface area contributed by atoms with Crippen LogP contribution in [0.2, 0.25) is 0 Å². The number of nitrogens with zero attached hydrogens (tertiary/aromatic N) is 1. The highest BCUT2D eigenvalue weighted by Crippen LogP contribution is 2.24. The maximum atomic E-state index is 10.7. The van der Waals surface area contributed by atoms with E-state index in [-0.39, 0.29) is 5.25 Å². The Hall–Kier alpha value is -1.03. The Balaban J connectivity index is 2.62. The highest BCUT2D eigenvalue weighted by molar-refractivity contribution is 8.00. The van der Waals surface area contributed by atoms with Crippen LogP contribution in [0.15, 0.2) is 29.4 Å². The number of hydrogen-bond donors (Lipinski definition) is 1. The first-order chi connectivity index (χ1) is 6.24. The van der Waals surface area contributed by atoms with E-state index >= 15 is 0 Å². The molecule has 0 radical (unpaired) electrons. The summed E-state index contributed by atoms with van der Waals surface area (Å²) in [5.41, 5.74) is 0. The third-order valence-corrected chi connectivity index (χ3v) is 2.94. The van der Waals surface area contributed by atoms with Gasteiger partial charge in [-0.25, -0.2) is 0 Å². The number of carboxylic acids is 1. The lowest BCUT2D eigenvalue weighted by atomic mass is 10.3. The van der Waals surface area contributed by atoms with Crippen molar-refractivity contribution in [2.75, 3.05) is 0 Å². The van der Waals surface area contributed by atoms with Gasteiger partial charge in [0, 0.05) is 17.3 Å². The number of aromatic nitrogens is 1. The number of thioether (sulfide) groups is 1. The molecule has 0 aliphatic carbocycles. The van der Waals surface area contributed by atoms with Crippen molar-refractivity contribution >= 4 is 17.7 Å². The van der Waals surface area contributed by atoms with Crippen molar-refractivity contribution in [3.05, 3.63) is 24.5 Å². The molecule has 3 nitrogen and oxygen atoms in total. The van der Waals surface area contributed by atoms with Gasteiger partial charge in [-0.2, -0.15) is 0 Å². The summed E-state index contributed by atoms with van der Waals surface area (Å²) in [6.45, 7) is 1.87. The fourth-order valence-electron chi connectivity index (χ4n) is 0.889. The third kappa shape index (κ3) is 3.06. The standard InChI is InChI=1S/C9H11NO2S/c1-2-8(9(11)12)13-7-3-5-10-6-4-7/h3-6,8H,2H2,1H3,(H,11,12). The fourth-order valence-corrected chi connectivity index (χ4v) is 1.76. The van der Waals surface area contributed by atoms with Gasteiger partial charge in [-0.3, -0.25) is 9.78 Å². The summed E-state index contributed by atoms with van der Waals surface area (Å²) in [6, 6.07) is 3.63. The van der Waals surface area contributed by atoms with E-state index in [2.05, 4.69) is 4.98 Å². The number of carboxylic acid groups (broad SMARTS) is 1. The van der Waals surface area contributed by atoms with Crippen molar-refractivity contribution in [1.29, 1.82) is 0 Å². The van der Waals surface area contributed by atoms with Crippen molar-refractivity contribution in [2.45, 2.75) is 23.5 Å². The van der Waals surface area contributed by atoms with Crippen molar-refractivity contribution in [3.63, 3.8) is 0 Å². The average molecular weight is 197 g/mol. The van der Waals surface area contributed by atoms with Crippen molar-refractivity contribution in [3.8, 4) is 0 Å². The SMILES string of the molecule is CCC(Sc1ccncc1)C(=O)O. The minimum absolute atomic E-state index is 0.359. The van der Waals surface area contributed by atoms with Gasteiger partial charge in [0.25, 0.3) is 0 Å². The normalized spacial score (nSPS) is 12.4. The van der Waals surface area contributed by atoms with Crippen molar-refractivity contribution in [1.82, 2.24) is 4.98 Å². The molecule has 0 saturated heterocycles. The molecule has 1 N–H and O–H groups in total. The van der Waals surface area contributed by atoms with E-state index < -0.39 is 5.97 Å². The molecule has 0 aromatic carbocycles. The second-order valence-corrected chi connectivity index (χ2v) is 3.81. The van der Waals surface area contributed by atoms with Crippen LogP contribution in [0.5, 0.6) is 0 Å². The van der Waals surface area contributed by atoms with Gasteiger partial charge in [0.15, 0.2) is 0 Å². The summed E-state index contributed by atoms with van der Waals surface area (Å²) < 4.78 is 0. The van der Waals surface area contributed by atoms with Crippen LogP contribution in [-0.2, 0) is 4.79 Å². The van der Waals surface area contributed by atoms with Crippen LogP contribution in [-0.4, -0.2) is 21.3 Å². The predicted octanol–water partition coefficient (Wildman–Crippen LogP) is 2.04. The molecule has 0 fully saturated rings. The zero-order valence-electron chi connectivity index (χ0n) is 7.30. The lowest BCUT2D eigenvalue weighted by Gasteiger charge is -2.08. The van der Waals surface area contributed by atoms with Gasteiger partial charge in [-0.1, -0.05) is 6.92 Å². The first kappa shape index (κ1) is 10.1. The predicted molar refractivity (Wildman–Crippen MR) is 51.8 cm³/mol. The van der Waals surface area contributed by atoms with Gasteiger partial charge in [0.1, 0.15) is 5.25 Å². The van der Waals surface area contributed by atoms with E-state index in [0.717, 1.165) is 4.90 Å². The van der Waals surface area contributed by atoms with Crippen LogP contribution >= 0.6 is 11.8 Å². The van der Waals surface area contributed by atoms with E-state index in [9.17, 15) is 4.79 Å². The topological polar surface area (TPSA) is 50.2 Å². The number of aliphatic carboxylic acids is 1. The summed E-state index contributed by atoms with van der Waals surface area (Å²) >= 11 is 1.36. The molecule has 0 aliphatic rings. The molecule has 1 aromatic rings. The van der Waals surface area contributed by atoms with Crippen molar-refractivity contribution in [2.24, 2.45) is 0 Å². The van der Waals surface area contributed by atoms with Gasteiger partial charge in [0.2, 0.25) is 0 Å². The highest BCUT2D eigenvalue weighted by atomic mass is 32.2. The number of carbonyl (C=O) groups is 1. The first-order valence-electron chi connectivity index (χ1n) is 4.03. The lowest BCUT2D eigenvalue weighted by molar-refractivity contribution is -0.136. The molecule has 1 rings (SSSR count). The molecule has 0 amide bonds. The minimum atomic E-state index is -0.760. The van der Waals surface area contributed by atoms with Gasteiger partial charge < -0.3 is 5.11 Å². The Bertz CT molecular complexity index is 276. The first-order valence-corrected chi connectivity index (χ1v) is 4.91. The number of hydrogen-bond acceptors (Lipinski definition) is 3. The molecule has 4 heteroatoms. The summed E-state index contributed by atoms with van der Waals surface area (Å²) in [5, 5.41) is 8.44. The van der Waals surface area contributed by atoms with Gasteiger partial charge in [-0.05, 0) is 18.6 Å². The summed E-state index contributed by atoms with van der Waals surface area (Å²) in [7, 11) is 0. The van der Waals surface area contributed by atoms with Gasteiger partial charge >= 0.3 is 5.97 Å². The van der Waals surface area contributed by atoms with Crippen LogP contribution in [0, 0.1) is 0 Å². The molecule has 13 heavy (non-hydrogen) atoms. The van der Waals surface area contributed by atoms with E-state index in [0.29, 0.717) is 6.42 Å². The molecule has 0 saturated carbocycles. The molecule has 1 atom stereocenters. The molecular weight excluding hydrogens is 186 g/mol.